The number of fused-ring (bicyclic) bond motifs is 1. The van der Waals surface area contributed by atoms with E-state index in [1.54, 1.807) is 0 Å². The first kappa shape index (κ1) is 34.7. The second-order valence-electron chi connectivity index (χ2n) is 13.7. The number of carbonyl (C=O) groups is 2. The zero-order valence-electron chi connectivity index (χ0n) is 29.4. The maximum absolute atomic E-state index is 14.0. The largest absolute Gasteiger partial charge is 0.466 e. The predicted molar refractivity (Wildman–Crippen MR) is 197 cm³/mol. The Morgan fingerprint density at radius 2 is 1.35 bits per heavy atom. The number of ether oxygens (including phenoxy) is 1. The lowest BCUT2D eigenvalue weighted by atomic mass is 9.93. The van der Waals surface area contributed by atoms with Gasteiger partial charge in [-0.05, 0) is 121 Å². The summed E-state index contributed by atoms with van der Waals surface area (Å²) in [6.45, 7) is 13.2. The highest BCUT2D eigenvalue weighted by molar-refractivity contribution is 6.10. The van der Waals surface area contributed by atoms with Crippen LogP contribution in [-0.2, 0) is 28.8 Å². The van der Waals surface area contributed by atoms with Crippen molar-refractivity contribution in [3.8, 4) is 0 Å². The van der Waals surface area contributed by atoms with E-state index in [4.69, 9.17) is 4.74 Å². The summed E-state index contributed by atoms with van der Waals surface area (Å²) in [4.78, 5) is 26.0. The number of pyridine rings is 1. The van der Waals surface area contributed by atoms with Crippen molar-refractivity contribution < 1.29 is 14.3 Å². The van der Waals surface area contributed by atoms with E-state index in [2.05, 4.69) is 81.5 Å². The molecule has 0 aliphatic rings. The normalized spacial score (nSPS) is 11.5. The van der Waals surface area contributed by atoms with Gasteiger partial charge in [0.1, 0.15) is 0 Å². The summed E-state index contributed by atoms with van der Waals surface area (Å²) in [5.41, 5.74) is 10.4. The number of hydrogen-bond donors (Lipinski definition) is 1. The van der Waals surface area contributed by atoms with Gasteiger partial charge in [0.2, 0.25) is 5.78 Å². The van der Waals surface area contributed by atoms with E-state index in [9.17, 15) is 9.59 Å². The first-order chi connectivity index (χ1) is 23.1. The zero-order valence-corrected chi connectivity index (χ0v) is 29.4. The SMILES string of the molecule is CCOC(=O)CCCc1c(C)c(C(=O)c2ccc(NC(c3ccc(CC(C)C)cc3)c3ccc(CC(C)C)cc3)cc2)n2ccccc12. The van der Waals surface area contributed by atoms with Gasteiger partial charge < -0.3 is 14.5 Å². The lowest BCUT2D eigenvalue weighted by Crippen LogP contribution is -2.13. The first-order valence-electron chi connectivity index (χ1n) is 17.5. The minimum Gasteiger partial charge on any atom is -0.466 e. The molecular formula is C43H50N2O3. The average molecular weight is 643 g/mol. The van der Waals surface area contributed by atoms with Gasteiger partial charge in [0.05, 0.1) is 18.3 Å². The Labute approximate surface area is 286 Å². The molecule has 0 bridgehead atoms. The van der Waals surface area contributed by atoms with Crippen LogP contribution < -0.4 is 5.32 Å². The van der Waals surface area contributed by atoms with Crippen LogP contribution in [0.15, 0.2) is 97.2 Å². The van der Waals surface area contributed by atoms with Gasteiger partial charge in [-0.2, -0.15) is 0 Å². The summed E-state index contributed by atoms with van der Waals surface area (Å²) in [6, 6.07) is 31.7. The van der Waals surface area contributed by atoms with Crippen molar-refractivity contribution in [1.82, 2.24) is 4.40 Å². The predicted octanol–water partition coefficient (Wildman–Crippen LogP) is 9.96. The highest BCUT2D eigenvalue weighted by Crippen LogP contribution is 2.30. The molecule has 0 aliphatic carbocycles. The van der Waals surface area contributed by atoms with Crippen molar-refractivity contribution in [3.63, 3.8) is 0 Å². The van der Waals surface area contributed by atoms with Crippen LogP contribution in [0.2, 0.25) is 0 Å². The Balaban J connectivity index is 1.39. The van der Waals surface area contributed by atoms with Crippen LogP contribution >= 0.6 is 0 Å². The molecule has 250 valence electrons. The number of ketones is 1. The lowest BCUT2D eigenvalue weighted by Gasteiger charge is -2.22. The van der Waals surface area contributed by atoms with Crippen LogP contribution in [-0.4, -0.2) is 22.8 Å². The fourth-order valence-electron chi connectivity index (χ4n) is 6.65. The number of nitrogens with one attached hydrogen (secondary N) is 1. The monoisotopic (exact) mass is 642 g/mol. The van der Waals surface area contributed by atoms with E-state index in [0.717, 1.165) is 35.2 Å². The minimum absolute atomic E-state index is 0.0186. The molecule has 0 unspecified atom stereocenters. The maximum atomic E-state index is 14.0. The molecule has 0 fully saturated rings. The molecule has 5 rings (SSSR count). The number of rotatable bonds is 15. The van der Waals surface area contributed by atoms with Gasteiger partial charge in [0, 0.05) is 29.4 Å². The smallest absolute Gasteiger partial charge is 0.305 e. The molecule has 0 atom stereocenters. The Morgan fingerprint density at radius 1 is 0.771 bits per heavy atom. The third-order valence-electron chi connectivity index (χ3n) is 8.92. The average Bonchev–Trinajstić information content (AvgIpc) is 3.35. The van der Waals surface area contributed by atoms with Crippen LogP contribution in [0.4, 0.5) is 5.69 Å². The molecule has 2 heterocycles. The van der Waals surface area contributed by atoms with Crippen LogP contribution in [0, 0.1) is 18.8 Å². The summed E-state index contributed by atoms with van der Waals surface area (Å²) in [7, 11) is 0. The third kappa shape index (κ3) is 8.44. The van der Waals surface area contributed by atoms with Gasteiger partial charge in [0.15, 0.2) is 0 Å². The van der Waals surface area contributed by atoms with Gasteiger partial charge in [-0.15, -0.1) is 0 Å². The van der Waals surface area contributed by atoms with E-state index in [-0.39, 0.29) is 17.8 Å². The minimum atomic E-state index is -0.183. The molecule has 48 heavy (non-hydrogen) atoms. The van der Waals surface area contributed by atoms with E-state index >= 15 is 0 Å². The van der Waals surface area contributed by atoms with E-state index in [1.165, 1.54) is 22.3 Å². The van der Waals surface area contributed by atoms with Crippen LogP contribution in [0.5, 0.6) is 0 Å². The molecule has 5 heteroatoms. The number of benzene rings is 3. The Hall–Kier alpha value is -4.64. The third-order valence-corrected chi connectivity index (χ3v) is 8.92. The molecule has 0 saturated heterocycles. The van der Waals surface area contributed by atoms with Gasteiger partial charge >= 0.3 is 5.97 Å². The van der Waals surface area contributed by atoms with Gasteiger partial charge in [-0.25, -0.2) is 0 Å². The van der Waals surface area contributed by atoms with Crippen molar-refractivity contribution in [2.45, 2.75) is 79.7 Å². The number of carbonyl (C=O) groups excluding carboxylic acids is 2. The van der Waals surface area contributed by atoms with E-state index in [1.807, 2.05) is 66.9 Å². The van der Waals surface area contributed by atoms with Crippen LogP contribution in [0.3, 0.4) is 0 Å². The summed E-state index contributed by atoms with van der Waals surface area (Å²) in [5, 5.41) is 3.77. The molecule has 0 amide bonds. The van der Waals surface area contributed by atoms with Crippen molar-refractivity contribution in [2.75, 3.05) is 11.9 Å². The van der Waals surface area contributed by atoms with E-state index < -0.39 is 0 Å². The molecule has 0 aliphatic heterocycles. The number of hydrogen-bond acceptors (Lipinski definition) is 4. The number of esters is 1. The van der Waals surface area contributed by atoms with Crippen LogP contribution in [0.1, 0.15) is 103 Å². The maximum Gasteiger partial charge on any atom is 0.305 e. The molecule has 5 aromatic rings. The summed E-state index contributed by atoms with van der Waals surface area (Å²) < 4.78 is 7.10. The fourth-order valence-corrected chi connectivity index (χ4v) is 6.65. The number of anilines is 1. The first-order valence-corrected chi connectivity index (χ1v) is 17.5. The van der Waals surface area contributed by atoms with Crippen molar-refractivity contribution >= 4 is 23.0 Å². The summed E-state index contributed by atoms with van der Waals surface area (Å²) in [5.74, 6) is 1.01. The molecule has 0 saturated carbocycles. The van der Waals surface area contributed by atoms with Crippen molar-refractivity contribution in [3.05, 3.63) is 142 Å². The van der Waals surface area contributed by atoms with Crippen molar-refractivity contribution in [2.24, 2.45) is 11.8 Å². The zero-order chi connectivity index (χ0) is 34.2. The topological polar surface area (TPSA) is 59.8 Å². The summed E-state index contributed by atoms with van der Waals surface area (Å²) >= 11 is 0. The molecule has 0 radical (unpaired) electrons. The number of nitrogens with zero attached hydrogens (tertiary/aromatic N) is 1. The second kappa shape index (κ2) is 16.0. The molecular weight excluding hydrogens is 592 g/mol. The molecule has 2 aromatic heterocycles. The Kier molecular flexibility index (Phi) is 11.5. The van der Waals surface area contributed by atoms with Crippen LogP contribution in [0.25, 0.3) is 5.52 Å². The second-order valence-corrected chi connectivity index (χ2v) is 13.7. The quantitative estimate of drug-likeness (QED) is 0.0912. The molecule has 0 spiro atoms. The highest BCUT2D eigenvalue weighted by Gasteiger charge is 2.22. The Bertz CT molecular complexity index is 1760. The van der Waals surface area contributed by atoms with Gasteiger partial charge in [-0.3, -0.25) is 9.59 Å². The number of aromatic nitrogens is 1. The fraction of sp³-hybridized carbons (Fsp3) is 0.349. The van der Waals surface area contributed by atoms with Gasteiger partial charge in [0.25, 0.3) is 0 Å². The molecule has 3 aromatic carbocycles. The molecule has 5 nitrogen and oxygen atoms in total. The Morgan fingerprint density at radius 3 is 1.90 bits per heavy atom. The summed E-state index contributed by atoms with van der Waals surface area (Å²) in [6.07, 6.45) is 5.80. The van der Waals surface area contributed by atoms with E-state index in [0.29, 0.717) is 49.0 Å². The lowest BCUT2D eigenvalue weighted by molar-refractivity contribution is -0.143. The standard InChI is InChI=1S/C43H50N2O3/c1-7-48-40(46)13-10-11-38-31(6)42(45-26-9-8-12-39(38)45)43(47)36-22-24-37(25-23-36)44-41(34-18-14-32(15-19-34)27-29(2)3)35-20-16-33(17-21-35)28-30(4)5/h8-9,12,14-26,29-30,41,44H,7,10-11,13,27-28H2,1-6H3. The number of aryl methyl sites for hydroxylation is 1. The van der Waals surface area contributed by atoms with Crippen molar-refractivity contribution in [1.29, 1.82) is 0 Å². The molecule has 1 N–H and O–H groups in total. The van der Waals surface area contributed by atoms with Gasteiger partial charge in [-0.1, -0.05) is 82.3 Å². The highest BCUT2D eigenvalue weighted by atomic mass is 16.5.